The molecular weight excluding hydrogens is 384 g/mol. The molecule has 1 aromatic carbocycles. The number of hydrogen-bond donors (Lipinski definition) is 2. The van der Waals surface area contributed by atoms with E-state index in [1.165, 1.54) is 11.8 Å². The molecule has 2 aliphatic heterocycles. The molecule has 10 heteroatoms. The summed E-state index contributed by atoms with van der Waals surface area (Å²) >= 11 is 1.25. The number of carbonyl (C=O) groups excluding carboxylic acids is 1. The van der Waals surface area contributed by atoms with Gasteiger partial charge >= 0.3 is 5.69 Å². The van der Waals surface area contributed by atoms with E-state index in [0.717, 1.165) is 25.0 Å². The highest BCUT2D eigenvalue weighted by Crippen LogP contribution is 2.32. The summed E-state index contributed by atoms with van der Waals surface area (Å²) in [5, 5.41) is 9.51. The molecule has 2 N–H and O–H groups in total. The smallest absolute Gasteiger partial charge is 0.344 e. The number of aromatic amines is 1. The second-order valence-corrected chi connectivity index (χ2v) is 8.03. The van der Waals surface area contributed by atoms with Crippen LogP contribution in [-0.2, 0) is 22.6 Å². The zero-order chi connectivity index (χ0) is 19.5. The molecule has 1 saturated heterocycles. The van der Waals surface area contributed by atoms with Crippen molar-refractivity contribution in [3.8, 4) is 11.5 Å². The van der Waals surface area contributed by atoms with Crippen LogP contribution in [-0.4, -0.2) is 45.4 Å². The number of fused-ring (bicyclic) bond motifs is 1. The molecule has 0 aliphatic carbocycles. The van der Waals surface area contributed by atoms with Crippen molar-refractivity contribution in [3.05, 3.63) is 34.2 Å². The van der Waals surface area contributed by atoms with Gasteiger partial charge in [-0.05, 0) is 37.5 Å². The lowest BCUT2D eigenvalue weighted by molar-refractivity contribution is -0.120. The summed E-state index contributed by atoms with van der Waals surface area (Å²) in [6.45, 7) is 3.55. The summed E-state index contributed by atoms with van der Waals surface area (Å²) in [4.78, 5) is 24.5. The van der Waals surface area contributed by atoms with Crippen LogP contribution in [0, 0.1) is 0 Å². The fraction of sp³-hybridized carbons (Fsp3) is 0.500. The molecule has 0 radical (unpaired) electrons. The van der Waals surface area contributed by atoms with Gasteiger partial charge < -0.3 is 19.5 Å². The molecule has 1 amide bonds. The Kier molecular flexibility index (Phi) is 5.58. The number of benzene rings is 1. The first-order chi connectivity index (χ1) is 13.6. The molecule has 4 rings (SSSR count). The van der Waals surface area contributed by atoms with Crippen LogP contribution in [0.4, 0.5) is 0 Å². The Balaban J connectivity index is 1.34. The van der Waals surface area contributed by atoms with Crippen LogP contribution in [0.25, 0.3) is 0 Å². The Morgan fingerprint density at radius 1 is 1.43 bits per heavy atom. The summed E-state index contributed by atoms with van der Waals surface area (Å²) in [6, 6.07) is 5.57. The number of H-pyrrole nitrogens is 1. The number of ether oxygens (including phenoxy) is 3. The van der Waals surface area contributed by atoms with Crippen LogP contribution < -0.4 is 20.5 Å². The lowest BCUT2D eigenvalue weighted by Gasteiger charge is -2.14. The van der Waals surface area contributed by atoms with E-state index >= 15 is 0 Å². The molecule has 2 unspecified atom stereocenters. The van der Waals surface area contributed by atoms with E-state index in [2.05, 4.69) is 15.5 Å². The Morgan fingerprint density at radius 2 is 2.29 bits per heavy atom. The van der Waals surface area contributed by atoms with E-state index in [0.29, 0.717) is 29.7 Å². The monoisotopic (exact) mass is 406 g/mol. The topological polar surface area (TPSA) is 107 Å². The standard InChI is InChI=1S/C18H22N4O5S/c1-11(16(23)19-8-12-4-5-14-15(7-12)27-10-26-14)28-18-21-20-17(24)22(18)9-13-3-2-6-25-13/h4-5,7,11,13H,2-3,6,8-10H2,1H3,(H,19,23)(H,20,24). The van der Waals surface area contributed by atoms with Crippen LogP contribution >= 0.6 is 11.8 Å². The minimum Gasteiger partial charge on any atom is -0.454 e. The predicted octanol–water partition coefficient (Wildman–Crippen LogP) is 1.28. The van der Waals surface area contributed by atoms with E-state index in [4.69, 9.17) is 14.2 Å². The first-order valence-corrected chi connectivity index (χ1v) is 10.1. The zero-order valence-corrected chi connectivity index (χ0v) is 16.3. The number of rotatable bonds is 7. The highest BCUT2D eigenvalue weighted by atomic mass is 32.2. The number of nitrogens with one attached hydrogen (secondary N) is 2. The maximum Gasteiger partial charge on any atom is 0.344 e. The third kappa shape index (κ3) is 4.17. The first-order valence-electron chi connectivity index (χ1n) is 9.20. The normalized spacial score (nSPS) is 19.0. The van der Waals surface area contributed by atoms with Crippen LogP contribution in [0.5, 0.6) is 11.5 Å². The molecule has 2 aliphatic rings. The van der Waals surface area contributed by atoms with Crippen molar-refractivity contribution in [1.82, 2.24) is 20.1 Å². The van der Waals surface area contributed by atoms with Gasteiger partial charge in [0.1, 0.15) is 0 Å². The van der Waals surface area contributed by atoms with Crippen molar-refractivity contribution in [1.29, 1.82) is 0 Å². The van der Waals surface area contributed by atoms with Gasteiger partial charge in [-0.1, -0.05) is 17.8 Å². The number of hydrogen-bond acceptors (Lipinski definition) is 7. The van der Waals surface area contributed by atoms with Gasteiger partial charge in [0.15, 0.2) is 16.7 Å². The van der Waals surface area contributed by atoms with Crippen molar-refractivity contribution in [2.24, 2.45) is 0 Å². The average molecular weight is 406 g/mol. The van der Waals surface area contributed by atoms with E-state index in [1.54, 1.807) is 11.5 Å². The molecule has 1 fully saturated rings. The number of aromatic nitrogens is 3. The summed E-state index contributed by atoms with van der Waals surface area (Å²) < 4.78 is 17.8. The molecule has 150 valence electrons. The molecular formula is C18H22N4O5S. The van der Waals surface area contributed by atoms with Gasteiger partial charge in [0.05, 0.1) is 17.9 Å². The van der Waals surface area contributed by atoms with Crippen molar-refractivity contribution in [2.75, 3.05) is 13.4 Å². The molecule has 0 spiro atoms. The third-order valence-corrected chi connectivity index (χ3v) is 5.78. The average Bonchev–Trinajstić information content (AvgIpc) is 3.43. The van der Waals surface area contributed by atoms with Gasteiger partial charge in [0.2, 0.25) is 12.7 Å². The van der Waals surface area contributed by atoms with Crippen LogP contribution in [0.1, 0.15) is 25.3 Å². The van der Waals surface area contributed by atoms with E-state index in [1.807, 2.05) is 18.2 Å². The highest BCUT2D eigenvalue weighted by molar-refractivity contribution is 8.00. The van der Waals surface area contributed by atoms with Gasteiger partial charge in [-0.2, -0.15) is 0 Å². The predicted molar refractivity (Wildman–Crippen MR) is 102 cm³/mol. The minimum absolute atomic E-state index is 0.0183. The van der Waals surface area contributed by atoms with Crippen molar-refractivity contribution in [2.45, 2.75) is 49.4 Å². The van der Waals surface area contributed by atoms with Gasteiger partial charge in [0.25, 0.3) is 0 Å². The Morgan fingerprint density at radius 3 is 3.11 bits per heavy atom. The van der Waals surface area contributed by atoms with Crippen LogP contribution in [0.15, 0.2) is 28.2 Å². The SMILES string of the molecule is CC(Sc1n[nH]c(=O)n1CC1CCCO1)C(=O)NCc1ccc2c(c1)OCO2. The lowest BCUT2D eigenvalue weighted by atomic mass is 10.2. The Hall–Kier alpha value is -2.46. The van der Waals surface area contributed by atoms with Gasteiger partial charge in [-0.3, -0.25) is 9.36 Å². The largest absolute Gasteiger partial charge is 0.454 e. The molecule has 0 bridgehead atoms. The number of thioether (sulfide) groups is 1. The Labute approximate surface area is 165 Å². The van der Waals surface area contributed by atoms with Crippen molar-refractivity contribution in [3.63, 3.8) is 0 Å². The third-order valence-electron chi connectivity index (χ3n) is 4.69. The molecule has 3 heterocycles. The number of nitrogens with zero attached hydrogens (tertiary/aromatic N) is 2. The van der Waals surface area contributed by atoms with E-state index in [-0.39, 0.29) is 24.5 Å². The summed E-state index contributed by atoms with van der Waals surface area (Å²) in [6.07, 6.45) is 1.94. The maximum atomic E-state index is 12.5. The molecule has 0 saturated carbocycles. The molecule has 28 heavy (non-hydrogen) atoms. The van der Waals surface area contributed by atoms with E-state index in [9.17, 15) is 9.59 Å². The van der Waals surface area contributed by atoms with E-state index < -0.39 is 5.25 Å². The second kappa shape index (κ2) is 8.27. The maximum absolute atomic E-state index is 12.5. The fourth-order valence-corrected chi connectivity index (χ4v) is 4.03. The lowest BCUT2D eigenvalue weighted by Crippen LogP contribution is -2.31. The van der Waals surface area contributed by atoms with Gasteiger partial charge in [-0.15, -0.1) is 5.10 Å². The van der Waals surface area contributed by atoms with Gasteiger partial charge in [-0.25, -0.2) is 9.89 Å². The summed E-state index contributed by atoms with van der Waals surface area (Å²) in [5.74, 6) is 1.26. The molecule has 1 aromatic heterocycles. The fourth-order valence-electron chi connectivity index (χ4n) is 3.14. The summed E-state index contributed by atoms with van der Waals surface area (Å²) in [7, 11) is 0. The highest BCUT2D eigenvalue weighted by Gasteiger charge is 2.23. The van der Waals surface area contributed by atoms with Crippen molar-refractivity contribution >= 4 is 17.7 Å². The minimum atomic E-state index is -0.410. The van der Waals surface area contributed by atoms with Crippen molar-refractivity contribution < 1.29 is 19.0 Å². The second-order valence-electron chi connectivity index (χ2n) is 6.72. The van der Waals surface area contributed by atoms with Gasteiger partial charge in [0, 0.05) is 13.2 Å². The molecule has 9 nitrogen and oxygen atoms in total. The number of amides is 1. The van der Waals surface area contributed by atoms with Crippen LogP contribution in [0.3, 0.4) is 0 Å². The molecule has 2 aromatic rings. The quantitative estimate of drug-likeness (QED) is 0.667. The van der Waals surface area contributed by atoms with Crippen LogP contribution in [0.2, 0.25) is 0 Å². The Bertz CT molecular complexity index is 906. The number of carbonyl (C=O) groups is 1. The first kappa shape index (κ1) is 18.9. The zero-order valence-electron chi connectivity index (χ0n) is 15.5. The molecule has 2 atom stereocenters. The summed E-state index contributed by atoms with van der Waals surface area (Å²) in [5.41, 5.74) is 0.635.